The molecule has 0 atom stereocenters. The largest absolute Gasteiger partial charge is 0.465 e. The van der Waals surface area contributed by atoms with E-state index < -0.39 is 5.60 Å². The summed E-state index contributed by atoms with van der Waals surface area (Å²) in [6.07, 6.45) is 0. The van der Waals surface area contributed by atoms with Gasteiger partial charge in [0, 0.05) is 13.1 Å². The number of benzene rings is 1. The smallest absolute Gasteiger partial charge is 0.338 e. The molecule has 0 aliphatic rings. The summed E-state index contributed by atoms with van der Waals surface area (Å²) in [5.74, 6) is -0.342. The van der Waals surface area contributed by atoms with Crippen LogP contribution in [0.15, 0.2) is 24.3 Å². The van der Waals surface area contributed by atoms with Gasteiger partial charge in [0.2, 0.25) is 0 Å². The van der Waals surface area contributed by atoms with E-state index in [4.69, 9.17) is 4.74 Å². The minimum Gasteiger partial charge on any atom is -0.465 e. The van der Waals surface area contributed by atoms with E-state index in [1.54, 1.807) is 26.0 Å². The molecule has 0 aliphatic heterocycles. The Morgan fingerprint density at radius 1 is 1.41 bits per heavy atom. The van der Waals surface area contributed by atoms with Crippen LogP contribution in [0.1, 0.15) is 29.8 Å². The maximum absolute atomic E-state index is 11.5. The second-order valence-corrected chi connectivity index (χ2v) is 4.56. The molecule has 0 heterocycles. The third-order valence-corrected chi connectivity index (χ3v) is 2.30. The topological polar surface area (TPSA) is 58.6 Å². The average molecular weight is 237 g/mol. The highest BCUT2D eigenvalue weighted by molar-refractivity contribution is 5.90. The Labute approximate surface area is 102 Å². The number of nitrogens with one attached hydrogen (secondary N) is 1. The van der Waals surface area contributed by atoms with Crippen molar-refractivity contribution in [1.29, 1.82) is 0 Å². The van der Waals surface area contributed by atoms with Crippen LogP contribution >= 0.6 is 0 Å². The quantitative estimate of drug-likeness (QED) is 0.759. The lowest BCUT2D eigenvalue weighted by Crippen LogP contribution is -2.34. The fourth-order valence-electron chi connectivity index (χ4n) is 1.49. The summed E-state index contributed by atoms with van der Waals surface area (Å²) in [5.41, 5.74) is 0.655. The zero-order valence-electron chi connectivity index (χ0n) is 10.5. The zero-order chi connectivity index (χ0) is 12.9. The summed E-state index contributed by atoms with van der Waals surface area (Å²) >= 11 is 0. The molecule has 94 valence electrons. The van der Waals surface area contributed by atoms with Gasteiger partial charge in [-0.05, 0) is 25.5 Å². The summed E-state index contributed by atoms with van der Waals surface area (Å²) in [5, 5.41) is 12.7. The molecule has 0 saturated heterocycles. The van der Waals surface area contributed by atoms with E-state index in [2.05, 4.69) is 5.32 Å². The van der Waals surface area contributed by atoms with Crippen molar-refractivity contribution >= 4 is 5.97 Å². The summed E-state index contributed by atoms with van der Waals surface area (Å²) < 4.78 is 4.71. The Balaban J connectivity index is 2.68. The van der Waals surface area contributed by atoms with Crippen LogP contribution in [-0.4, -0.2) is 30.3 Å². The molecule has 0 unspecified atom stereocenters. The highest BCUT2D eigenvalue weighted by Gasteiger charge is 2.13. The lowest BCUT2D eigenvalue weighted by atomic mass is 10.1. The minimum atomic E-state index is -0.764. The van der Waals surface area contributed by atoms with Crippen molar-refractivity contribution in [2.24, 2.45) is 0 Å². The van der Waals surface area contributed by atoms with Gasteiger partial charge in [0.05, 0.1) is 18.3 Å². The lowest BCUT2D eigenvalue weighted by Gasteiger charge is -2.18. The van der Waals surface area contributed by atoms with Gasteiger partial charge < -0.3 is 15.2 Å². The predicted molar refractivity (Wildman–Crippen MR) is 65.8 cm³/mol. The van der Waals surface area contributed by atoms with Crippen molar-refractivity contribution in [2.75, 3.05) is 13.7 Å². The first-order valence-electron chi connectivity index (χ1n) is 5.53. The molecule has 0 fully saturated rings. The first-order valence-corrected chi connectivity index (χ1v) is 5.53. The van der Waals surface area contributed by atoms with E-state index in [0.29, 0.717) is 18.7 Å². The number of esters is 1. The maximum Gasteiger partial charge on any atom is 0.338 e. The molecule has 1 aromatic rings. The molecule has 0 radical (unpaired) electrons. The summed E-state index contributed by atoms with van der Waals surface area (Å²) in [6.45, 7) is 4.44. The Kier molecular flexibility index (Phi) is 4.66. The number of ether oxygens (including phenoxy) is 1. The second kappa shape index (κ2) is 5.80. The number of methoxy groups -OCH3 is 1. The van der Waals surface area contributed by atoms with Crippen molar-refractivity contribution < 1.29 is 14.6 Å². The number of hydrogen-bond acceptors (Lipinski definition) is 4. The molecule has 1 rings (SSSR count). The van der Waals surface area contributed by atoms with Crippen LogP contribution in [0.4, 0.5) is 0 Å². The van der Waals surface area contributed by atoms with Crippen LogP contribution in [0.5, 0.6) is 0 Å². The summed E-state index contributed by atoms with van der Waals surface area (Å²) in [6, 6.07) is 7.26. The molecular formula is C13H19NO3. The van der Waals surface area contributed by atoms with Crippen LogP contribution in [0.2, 0.25) is 0 Å². The van der Waals surface area contributed by atoms with Crippen molar-refractivity contribution in [3.63, 3.8) is 0 Å². The van der Waals surface area contributed by atoms with Gasteiger partial charge in [-0.25, -0.2) is 4.79 Å². The number of carbonyl (C=O) groups is 1. The Morgan fingerprint density at radius 2 is 2.06 bits per heavy atom. The number of hydrogen-bond donors (Lipinski definition) is 2. The molecule has 1 aromatic carbocycles. The second-order valence-electron chi connectivity index (χ2n) is 4.56. The molecule has 0 aliphatic carbocycles. The standard InChI is InChI=1S/C13H19NO3/c1-13(2,16)9-14-8-10-6-4-5-7-11(10)12(15)17-3/h4-7,14,16H,8-9H2,1-3H3. The monoisotopic (exact) mass is 237 g/mol. The van der Waals surface area contributed by atoms with Crippen molar-refractivity contribution in [3.05, 3.63) is 35.4 Å². The maximum atomic E-state index is 11.5. The Hall–Kier alpha value is -1.39. The molecule has 17 heavy (non-hydrogen) atoms. The van der Waals surface area contributed by atoms with Gasteiger partial charge in [-0.2, -0.15) is 0 Å². The summed E-state index contributed by atoms with van der Waals surface area (Å²) in [7, 11) is 1.36. The van der Waals surface area contributed by atoms with E-state index in [1.807, 2.05) is 12.1 Å². The van der Waals surface area contributed by atoms with E-state index in [-0.39, 0.29) is 5.97 Å². The van der Waals surface area contributed by atoms with Crippen molar-refractivity contribution in [2.45, 2.75) is 26.0 Å². The van der Waals surface area contributed by atoms with E-state index in [1.165, 1.54) is 7.11 Å². The number of aliphatic hydroxyl groups is 1. The van der Waals surface area contributed by atoms with E-state index in [9.17, 15) is 9.90 Å². The lowest BCUT2D eigenvalue weighted by molar-refractivity contribution is 0.0599. The average Bonchev–Trinajstić information content (AvgIpc) is 2.27. The molecule has 4 nitrogen and oxygen atoms in total. The van der Waals surface area contributed by atoms with Crippen LogP contribution < -0.4 is 5.32 Å². The highest BCUT2D eigenvalue weighted by Crippen LogP contribution is 2.10. The molecule has 0 aromatic heterocycles. The Morgan fingerprint density at radius 3 is 2.65 bits per heavy atom. The SMILES string of the molecule is COC(=O)c1ccccc1CNCC(C)(C)O. The van der Waals surface area contributed by atoms with Crippen LogP contribution in [0.25, 0.3) is 0 Å². The van der Waals surface area contributed by atoms with Gasteiger partial charge in [-0.3, -0.25) is 0 Å². The van der Waals surface area contributed by atoms with Crippen LogP contribution in [-0.2, 0) is 11.3 Å². The molecule has 4 heteroatoms. The molecular weight excluding hydrogens is 218 g/mol. The highest BCUT2D eigenvalue weighted by atomic mass is 16.5. The Bertz CT molecular complexity index is 382. The minimum absolute atomic E-state index is 0.342. The fraction of sp³-hybridized carbons (Fsp3) is 0.462. The zero-order valence-corrected chi connectivity index (χ0v) is 10.5. The van der Waals surface area contributed by atoms with Gasteiger partial charge in [-0.15, -0.1) is 0 Å². The first kappa shape index (κ1) is 13.7. The third-order valence-electron chi connectivity index (χ3n) is 2.30. The molecule has 0 bridgehead atoms. The van der Waals surface area contributed by atoms with Gasteiger partial charge in [0.25, 0.3) is 0 Å². The third kappa shape index (κ3) is 4.54. The van der Waals surface area contributed by atoms with Gasteiger partial charge in [-0.1, -0.05) is 18.2 Å². The number of carbonyl (C=O) groups excluding carboxylic acids is 1. The fourth-order valence-corrected chi connectivity index (χ4v) is 1.49. The number of rotatable bonds is 5. The predicted octanol–water partition coefficient (Wildman–Crippen LogP) is 1.33. The van der Waals surface area contributed by atoms with E-state index in [0.717, 1.165) is 5.56 Å². The van der Waals surface area contributed by atoms with Crippen LogP contribution in [0.3, 0.4) is 0 Å². The molecule has 0 saturated carbocycles. The normalized spacial score (nSPS) is 11.3. The van der Waals surface area contributed by atoms with E-state index >= 15 is 0 Å². The molecule has 0 amide bonds. The van der Waals surface area contributed by atoms with Gasteiger partial charge >= 0.3 is 5.97 Å². The first-order chi connectivity index (χ1) is 7.94. The summed E-state index contributed by atoms with van der Waals surface area (Å²) in [4.78, 5) is 11.5. The van der Waals surface area contributed by atoms with Crippen LogP contribution in [0, 0.1) is 0 Å². The molecule has 0 spiro atoms. The van der Waals surface area contributed by atoms with Crippen molar-refractivity contribution in [3.8, 4) is 0 Å². The molecule has 2 N–H and O–H groups in total. The van der Waals surface area contributed by atoms with Gasteiger partial charge in [0.1, 0.15) is 0 Å². The van der Waals surface area contributed by atoms with Crippen molar-refractivity contribution in [1.82, 2.24) is 5.32 Å². The van der Waals surface area contributed by atoms with Gasteiger partial charge in [0.15, 0.2) is 0 Å².